The van der Waals surface area contributed by atoms with E-state index in [4.69, 9.17) is 5.73 Å². The first kappa shape index (κ1) is 20.5. The fraction of sp³-hybridized carbons (Fsp3) is 0.0909. The fourth-order valence-corrected chi connectivity index (χ4v) is 3.57. The predicted molar refractivity (Wildman–Crippen MR) is 123 cm³/mol. The van der Waals surface area contributed by atoms with E-state index in [0.717, 1.165) is 5.69 Å². The van der Waals surface area contributed by atoms with Crippen LogP contribution in [0.25, 0.3) is 16.7 Å². The average molecular weight is 479 g/mol. The molecular formula is C22H19BrN6O2. The number of carbonyl (C=O) groups excluding carboxylic acids is 1. The number of rotatable bonds is 6. The first-order chi connectivity index (χ1) is 15.0. The molecule has 8 nitrogen and oxygen atoms in total. The van der Waals surface area contributed by atoms with Gasteiger partial charge in [0.15, 0.2) is 5.82 Å². The highest BCUT2D eigenvalue weighted by Gasteiger charge is 2.19. The van der Waals surface area contributed by atoms with Crippen LogP contribution in [-0.2, 0) is 11.2 Å². The van der Waals surface area contributed by atoms with Crippen molar-refractivity contribution in [2.24, 2.45) is 0 Å². The van der Waals surface area contributed by atoms with Gasteiger partial charge in [0.05, 0.1) is 15.9 Å². The topological polar surface area (TPSA) is 110 Å². The van der Waals surface area contributed by atoms with Gasteiger partial charge in [0.25, 0.3) is 0 Å². The molecule has 1 amide bonds. The van der Waals surface area contributed by atoms with E-state index in [2.05, 4.69) is 37.6 Å². The smallest absolute Gasteiger partial charge is 0.250 e. The van der Waals surface area contributed by atoms with Crippen molar-refractivity contribution in [3.05, 3.63) is 77.7 Å². The summed E-state index contributed by atoms with van der Waals surface area (Å²) < 4.78 is 2.17. The van der Waals surface area contributed by atoms with Gasteiger partial charge in [0.1, 0.15) is 23.1 Å². The first-order valence-corrected chi connectivity index (χ1v) is 10.2. The fourth-order valence-electron chi connectivity index (χ4n) is 3.32. The monoisotopic (exact) mass is 478 g/mol. The molecular weight excluding hydrogens is 460 g/mol. The van der Waals surface area contributed by atoms with E-state index in [0.29, 0.717) is 39.9 Å². The standard InChI is InChI=1S/C22H19BrN6O2/c1-2-19(31)28(14-6-4-3-5-7-14)11-10-17-20-21(22(24)26-13-25-20)29(27-17)15-8-9-16(23)18(30)12-15/h2-9,12-13,30H,1,10-11H2,(H2,24,25,26). The quantitative estimate of drug-likeness (QED) is 0.409. The number of nitrogens with zero attached hydrogens (tertiary/aromatic N) is 5. The minimum absolute atomic E-state index is 0.0740. The summed E-state index contributed by atoms with van der Waals surface area (Å²) in [6.45, 7) is 3.98. The zero-order valence-corrected chi connectivity index (χ0v) is 18.0. The summed E-state index contributed by atoms with van der Waals surface area (Å²) in [5, 5.41) is 14.8. The number of halogens is 1. The number of nitrogens with two attached hydrogens (primary N) is 1. The number of phenolic OH excluding ortho intramolecular Hbond substituents is 1. The Hall–Kier alpha value is -3.72. The van der Waals surface area contributed by atoms with Gasteiger partial charge >= 0.3 is 0 Å². The molecule has 9 heteroatoms. The molecule has 0 unspecified atom stereocenters. The molecule has 2 heterocycles. The van der Waals surface area contributed by atoms with Crippen LogP contribution in [0.5, 0.6) is 5.75 Å². The van der Waals surface area contributed by atoms with Crippen molar-refractivity contribution >= 4 is 44.4 Å². The first-order valence-electron chi connectivity index (χ1n) is 9.45. The predicted octanol–water partition coefficient (Wildman–Crippen LogP) is 3.63. The van der Waals surface area contributed by atoms with E-state index >= 15 is 0 Å². The zero-order chi connectivity index (χ0) is 22.0. The lowest BCUT2D eigenvalue weighted by atomic mass is 10.2. The summed E-state index contributed by atoms with van der Waals surface area (Å²) in [6, 6.07) is 14.5. The Bertz CT molecular complexity index is 1270. The number of hydrogen-bond donors (Lipinski definition) is 2. The Morgan fingerprint density at radius 2 is 2.00 bits per heavy atom. The van der Waals surface area contributed by atoms with Crippen molar-refractivity contribution in [1.29, 1.82) is 0 Å². The highest BCUT2D eigenvalue weighted by atomic mass is 79.9. The lowest BCUT2D eigenvalue weighted by Crippen LogP contribution is -2.31. The van der Waals surface area contributed by atoms with Crippen LogP contribution in [0.1, 0.15) is 5.69 Å². The molecule has 156 valence electrons. The van der Waals surface area contributed by atoms with Crippen molar-refractivity contribution in [3.8, 4) is 11.4 Å². The van der Waals surface area contributed by atoms with Crippen molar-refractivity contribution in [2.45, 2.75) is 6.42 Å². The minimum atomic E-state index is -0.207. The lowest BCUT2D eigenvalue weighted by molar-refractivity contribution is -0.114. The van der Waals surface area contributed by atoms with Gasteiger partial charge in [-0.05, 0) is 46.3 Å². The van der Waals surface area contributed by atoms with Crippen LogP contribution in [0, 0.1) is 0 Å². The Balaban J connectivity index is 1.74. The van der Waals surface area contributed by atoms with Crippen LogP contribution in [0.15, 0.2) is 72.0 Å². The Morgan fingerprint density at radius 1 is 1.23 bits per heavy atom. The number of para-hydroxylation sites is 1. The van der Waals surface area contributed by atoms with Gasteiger partial charge in [-0.2, -0.15) is 5.10 Å². The second-order valence-corrected chi connectivity index (χ2v) is 7.58. The van der Waals surface area contributed by atoms with Crippen molar-refractivity contribution in [1.82, 2.24) is 19.7 Å². The van der Waals surface area contributed by atoms with Gasteiger partial charge in [-0.25, -0.2) is 14.6 Å². The Kier molecular flexibility index (Phi) is 5.68. The second-order valence-electron chi connectivity index (χ2n) is 6.73. The molecule has 0 radical (unpaired) electrons. The maximum Gasteiger partial charge on any atom is 0.250 e. The molecule has 0 aliphatic carbocycles. The molecule has 31 heavy (non-hydrogen) atoms. The molecule has 0 bridgehead atoms. The number of fused-ring (bicyclic) bond motifs is 1. The van der Waals surface area contributed by atoms with Crippen LogP contribution >= 0.6 is 15.9 Å². The summed E-state index contributed by atoms with van der Waals surface area (Å²) >= 11 is 3.28. The highest BCUT2D eigenvalue weighted by molar-refractivity contribution is 9.10. The Labute approximate surface area is 186 Å². The molecule has 2 aromatic carbocycles. The SMILES string of the molecule is C=CC(=O)N(CCc1nn(-c2ccc(Br)c(O)c2)c2c(N)ncnc12)c1ccccc1. The molecule has 3 N–H and O–H groups in total. The number of benzene rings is 2. The molecule has 0 aliphatic heterocycles. The summed E-state index contributed by atoms with van der Waals surface area (Å²) in [5.74, 6) is 0.139. The van der Waals surface area contributed by atoms with E-state index in [1.165, 1.54) is 12.4 Å². The van der Waals surface area contributed by atoms with Crippen molar-refractivity contribution in [3.63, 3.8) is 0 Å². The maximum absolute atomic E-state index is 12.5. The number of hydrogen-bond acceptors (Lipinski definition) is 6. The van der Waals surface area contributed by atoms with E-state index in [1.54, 1.807) is 27.8 Å². The molecule has 4 aromatic rings. The summed E-state index contributed by atoms with van der Waals surface area (Å²) in [5.41, 5.74) is 9.30. The van der Waals surface area contributed by atoms with Crippen molar-refractivity contribution < 1.29 is 9.90 Å². The van der Waals surface area contributed by atoms with Gasteiger partial charge in [0.2, 0.25) is 5.91 Å². The van der Waals surface area contributed by atoms with Gasteiger partial charge in [-0.15, -0.1) is 0 Å². The van der Waals surface area contributed by atoms with Crippen LogP contribution in [0.4, 0.5) is 11.5 Å². The summed E-state index contributed by atoms with van der Waals surface area (Å²) in [6.07, 6.45) is 3.10. The molecule has 0 atom stereocenters. The molecule has 0 fully saturated rings. The van der Waals surface area contributed by atoms with Gasteiger partial charge in [-0.1, -0.05) is 24.8 Å². The van der Waals surface area contributed by atoms with E-state index in [9.17, 15) is 9.90 Å². The van der Waals surface area contributed by atoms with Gasteiger partial charge in [-0.3, -0.25) is 4.79 Å². The molecule has 0 saturated heterocycles. The minimum Gasteiger partial charge on any atom is -0.507 e. The number of amides is 1. The van der Waals surface area contributed by atoms with E-state index in [1.807, 2.05) is 30.3 Å². The van der Waals surface area contributed by atoms with E-state index in [-0.39, 0.29) is 17.5 Å². The van der Waals surface area contributed by atoms with Gasteiger partial charge in [0, 0.05) is 24.7 Å². The highest BCUT2D eigenvalue weighted by Crippen LogP contribution is 2.30. The molecule has 0 aliphatic rings. The summed E-state index contributed by atoms with van der Waals surface area (Å²) in [4.78, 5) is 22.5. The van der Waals surface area contributed by atoms with Crippen LogP contribution in [0.2, 0.25) is 0 Å². The second kappa shape index (κ2) is 8.57. The van der Waals surface area contributed by atoms with Crippen molar-refractivity contribution in [2.75, 3.05) is 17.2 Å². The average Bonchev–Trinajstić information content (AvgIpc) is 3.16. The molecule has 0 saturated carbocycles. The number of aromatic nitrogens is 4. The number of phenols is 1. The number of nitrogen functional groups attached to an aromatic ring is 1. The lowest BCUT2D eigenvalue weighted by Gasteiger charge is -2.20. The number of anilines is 2. The number of aromatic hydroxyl groups is 1. The van der Waals surface area contributed by atoms with Crippen LogP contribution in [0.3, 0.4) is 0 Å². The molecule has 2 aromatic heterocycles. The third kappa shape index (κ3) is 3.99. The third-order valence-electron chi connectivity index (χ3n) is 4.81. The van der Waals surface area contributed by atoms with Crippen LogP contribution in [-0.4, -0.2) is 37.3 Å². The maximum atomic E-state index is 12.5. The molecule has 0 spiro atoms. The largest absolute Gasteiger partial charge is 0.507 e. The van der Waals surface area contributed by atoms with E-state index < -0.39 is 0 Å². The third-order valence-corrected chi connectivity index (χ3v) is 5.48. The number of carbonyl (C=O) groups is 1. The zero-order valence-electron chi connectivity index (χ0n) is 16.4. The van der Waals surface area contributed by atoms with Gasteiger partial charge < -0.3 is 15.7 Å². The van der Waals surface area contributed by atoms with Crippen LogP contribution < -0.4 is 10.6 Å². The summed E-state index contributed by atoms with van der Waals surface area (Å²) in [7, 11) is 0. The molecule has 4 rings (SSSR count). The normalized spacial score (nSPS) is 10.9. The Morgan fingerprint density at radius 3 is 2.71 bits per heavy atom.